The molecule has 0 aliphatic heterocycles. The summed E-state index contributed by atoms with van der Waals surface area (Å²) in [5.74, 6) is 0. The van der Waals surface area contributed by atoms with Crippen molar-refractivity contribution in [2.75, 3.05) is 6.26 Å². The molecule has 2 heterocycles. The lowest BCUT2D eigenvalue weighted by molar-refractivity contribution is 0.601. The van der Waals surface area contributed by atoms with Crippen LogP contribution in [0.5, 0.6) is 0 Å². The van der Waals surface area contributed by atoms with Crippen molar-refractivity contribution in [1.29, 1.82) is 5.26 Å². The fraction of sp³-hybridized carbons (Fsp3) is 0.0833. The molecule has 0 saturated carbocycles. The smallest absolute Gasteiger partial charge is 0.179 e. The first-order chi connectivity index (χ1) is 8.54. The molecule has 0 amide bonds. The number of sulfone groups is 1. The van der Waals surface area contributed by atoms with E-state index in [-0.39, 0.29) is 10.6 Å². The summed E-state index contributed by atoms with van der Waals surface area (Å²) < 4.78 is 23.6. The van der Waals surface area contributed by atoms with Crippen LogP contribution >= 0.6 is 0 Å². The lowest BCUT2D eigenvalue weighted by atomic mass is 10.1. The van der Waals surface area contributed by atoms with Gasteiger partial charge < -0.3 is 0 Å². The maximum atomic E-state index is 11.8. The Morgan fingerprint density at radius 3 is 2.50 bits per heavy atom. The van der Waals surface area contributed by atoms with Gasteiger partial charge in [-0.1, -0.05) is 6.07 Å². The van der Waals surface area contributed by atoms with Gasteiger partial charge in [-0.05, 0) is 18.2 Å². The molecule has 0 N–H and O–H groups in total. The van der Waals surface area contributed by atoms with Crippen LogP contribution in [0.3, 0.4) is 0 Å². The van der Waals surface area contributed by atoms with Gasteiger partial charge in [0.2, 0.25) is 0 Å². The van der Waals surface area contributed by atoms with Crippen molar-refractivity contribution in [3.8, 4) is 17.3 Å². The number of nitriles is 1. The molecule has 0 aliphatic rings. The number of hydrogen-bond donors (Lipinski definition) is 0. The second kappa shape index (κ2) is 4.55. The topological polar surface area (TPSA) is 83.7 Å². The van der Waals surface area contributed by atoms with Gasteiger partial charge in [-0.25, -0.2) is 13.4 Å². The van der Waals surface area contributed by atoms with E-state index < -0.39 is 9.84 Å². The highest BCUT2D eigenvalue weighted by molar-refractivity contribution is 7.91. The zero-order chi connectivity index (χ0) is 13.2. The third-order valence-corrected chi connectivity index (χ3v) is 3.48. The lowest BCUT2D eigenvalue weighted by Gasteiger charge is -2.07. The van der Waals surface area contributed by atoms with Gasteiger partial charge in [0, 0.05) is 24.2 Å². The molecule has 18 heavy (non-hydrogen) atoms. The van der Waals surface area contributed by atoms with Crippen LogP contribution in [-0.4, -0.2) is 24.6 Å². The van der Waals surface area contributed by atoms with Crippen molar-refractivity contribution in [1.82, 2.24) is 9.97 Å². The highest BCUT2D eigenvalue weighted by Crippen LogP contribution is 2.27. The second-order valence-electron chi connectivity index (χ2n) is 3.64. The summed E-state index contributed by atoms with van der Waals surface area (Å²) in [5.41, 5.74) is 0.780. The summed E-state index contributed by atoms with van der Waals surface area (Å²) in [6, 6.07) is 8.50. The first-order valence-corrected chi connectivity index (χ1v) is 6.94. The minimum Gasteiger partial charge on any atom is -0.256 e. The van der Waals surface area contributed by atoms with Crippen molar-refractivity contribution in [3.05, 3.63) is 42.4 Å². The van der Waals surface area contributed by atoms with E-state index in [1.807, 2.05) is 0 Å². The predicted molar refractivity (Wildman–Crippen MR) is 65.3 cm³/mol. The molecule has 0 aromatic carbocycles. The molecule has 5 nitrogen and oxygen atoms in total. The summed E-state index contributed by atoms with van der Waals surface area (Å²) in [5, 5.41) is 8.96. The highest BCUT2D eigenvalue weighted by Gasteiger charge is 2.20. The zero-order valence-electron chi connectivity index (χ0n) is 9.53. The van der Waals surface area contributed by atoms with E-state index in [0.717, 1.165) is 6.26 Å². The molecule has 2 rings (SSSR count). The summed E-state index contributed by atoms with van der Waals surface area (Å²) in [6.45, 7) is 0. The number of aromatic nitrogens is 2. The Kier molecular flexibility index (Phi) is 3.08. The van der Waals surface area contributed by atoms with Gasteiger partial charge >= 0.3 is 0 Å². The monoisotopic (exact) mass is 259 g/mol. The average molecular weight is 259 g/mol. The number of rotatable bonds is 2. The molecule has 0 atom stereocenters. The fourth-order valence-corrected chi connectivity index (χ4v) is 2.65. The average Bonchev–Trinajstić information content (AvgIpc) is 2.38. The number of hydrogen-bond acceptors (Lipinski definition) is 5. The molecule has 0 aliphatic carbocycles. The number of nitrogens with zero attached hydrogens (tertiary/aromatic N) is 3. The minimum atomic E-state index is -3.55. The third-order valence-electron chi connectivity index (χ3n) is 2.32. The fourth-order valence-electron chi connectivity index (χ4n) is 1.63. The Morgan fingerprint density at radius 1 is 1.17 bits per heavy atom. The van der Waals surface area contributed by atoms with Crippen LogP contribution in [0.1, 0.15) is 5.69 Å². The summed E-state index contributed by atoms with van der Waals surface area (Å²) in [6.07, 6.45) is 4.02. The second-order valence-corrected chi connectivity index (χ2v) is 5.59. The zero-order valence-corrected chi connectivity index (χ0v) is 10.3. The maximum absolute atomic E-state index is 11.8. The Balaban J connectivity index is 2.82. The molecule has 0 saturated heterocycles. The molecule has 0 unspecified atom stereocenters. The Bertz CT molecular complexity index is 719. The van der Waals surface area contributed by atoms with E-state index in [2.05, 4.69) is 9.97 Å². The van der Waals surface area contributed by atoms with E-state index in [0.29, 0.717) is 11.3 Å². The van der Waals surface area contributed by atoms with Gasteiger partial charge in [0.05, 0.1) is 5.69 Å². The van der Waals surface area contributed by atoms with Gasteiger partial charge in [0.25, 0.3) is 0 Å². The minimum absolute atomic E-state index is 0.0776. The van der Waals surface area contributed by atoms with E-state index in [1.165, 1.54) is 6.20 Å². The SMILES string of the molecule is CS(=O)(=O)c1c(-c2ccccn2)ccnc1C#N. The molecule has 6 heteroatoms. The third kappa shape index (κ3) is 2.21. The molecular formula is C12H9N3O2S. The van der Waals surface area contributed by atoms with Crippen LogP contribution in [0.25, 0.3) is 11.3 Å². The Labute approximate surface area is 105 Å². The Hall–Kier alpha value is -2.26. The van der Waals surface area contributed by atoms with E-state index in [4.69, 9.17) is 5.26 Å². The number of pyridine rings is 2. The molecular weight excluding hydrogens is 250 g/mol. The van der Waals surface area contributed by atoms with Gasteiger partial charge in [0.15, 0.2) is 15.5 Å². The molecule has 0 radical (unpaired) electrons. The van der Waals surface area contributed by atoms with Crippen LogP contribution in [0.4, 0.5) is 0 Å². The summed E-state index contributed by atoms with van der Waals surface area (Å²) >= 11 is 0. The molecule has 0 fully saturated rings. The van der Waals surface area contributed by atoms with Crippen molar-refractivity contribution >= 4 is 9.84 Å². The molecule has 0 bridgehead atoms. The van der Waals surface area contributed by atoms with E-state index >= 15 is 0 Å². The van der Waals surface area contributed by atoms with Crippen molar-refractivity contribution in [3.63, 3.8) is 0 Å². The van der Waals surface area contributed by atoms with Gasteiger partial charge in [-0.3, -0.25) is 4.98 Å². The summed E-state index contributed by atoms with van der Waals surface area (Å²) in [7, 11) is -3.55. The van der Waals surface area contributed by atoms with Gasteiger partial charge in [0.1, 0.15) is 11.0 Å². The van der Waals surface area contributed by atoms with E-state index in [1.54, 1.807) is 36.5 Å². The molecule has 2 aromatic heterocycles. The van der Waals surface area contributed by atoms with Crippen molar-refractivity contribution in [2.24, 2.45) is 0 Å². The maximum Gasteiger partial charge on any atom is 0.179 e. The molecule has 2 aromatic rings. The molecule has 90 valence electrons. The van der Waals surface area contributed by atoms with Gasteiger partial charge in [-0.15, -0.1) is 0 Å². The lowest BCUT2D eigenvalue weighted by Crippen LogP contribution is -2.05. The normalized spacial score (nSPS) is 10.9. The van der Waals surface area contributed by atoms with Crippen molar-refractivity contribution in [2.45, 2.75) is 4.90 Å². The standard InChI is InChI=1S/C12H9N3O2S/c1-18(16,17)12-9(5-7-15-11(12)8-13)10-4-2-3-6-14-10/h2-7H,1H3. The quantitative estimate of drug-likeness (QED) is 0.814. The van der Waals surface area contributed by atoms with Crippen LogP contribution in [0, 0.1) is 11.3 Å². The van der Waals surface area contributed by atoms with Gasteiger partial charge in [-0.2, -0.15) is 5.26 Å². The first-order valence-electron chi connectivity index (χ1n) is 5.04. The van der Waals surface area contributed by atoms with Crippen LogP contribution in [0.2, 0.25) is 0 Å². The largest absolute Gasteiger partial charge is 0.256 e. The summed E-state index contributed by atoms with van der Waals surface area (Å²) in [4.78, 5) is 7.80. The van der Waals surface area contributed by atoms with Crippen LogP contribution in [-0.2, 0) is 9.84 Å². The van der Waals surface area contributed by atoms with Crippen LogP contribution < -0.4 is 0 Å². The molecule has 0 spiro atoms. The van der Waals surface area contributed by atoms with Crippen LogP contribution in [0.15, 0.2) is 41.6 Å². The van der Waals surface area contributed by atoms with E-state index in [9.17, 15) is 8.42 Å². The Morgan fingerprint density at radius 2 is 1.94 bits per heavy atom. The van der Waals surface area contributed by atoms with Crippen molar-refractivity contribution < 1.29 is 8.42 Å². The first kappa shape index (κ1) is 12.2. The highest BCUT2D eigenvalue weighted by atomic mass is 32.2. The predicted octanol–water partition coefficient (Wildman–Crippen LogP) is 1.42.